The number of benzene rings is 1. The van der Waals surface area contributed by atoms with Crippen molar-refractivity contribution in [1.29, 1.82) is 0 Å². The van der Waals surface area contributed by atoms with Gasteiger partial charge in [-0.1, -0.05) is 19.9 Å². The maximum atomic E-state index is 14.3. The van der Waals surface area contributed by atoms with E-state index in [-0.39, 0.29) is 22.6 Å². The summed E-state index contributed by atoms with van der Waals surface area (Å²) in [5.74, 6) is -0.0289. The summed E-state index contributed by atoms with van der Waals surface area (Å²) in [5.41, 5.74) is 1.02. The van der Waals surface area contributed by atoms with Gasteiger partial charge in [0.25, 0.3) is 0 Å². The molecule has 0 unspecified atom stereocenters. The Morgan fingerprint density at radius 3 is 2.53 bits per heavy atom. The van der Waals surface area contributed by atoms with Crippen molar-refractivity contribution < 1.29 is 13.2 Å². The Morgan fingerprint density at radius 1 is 1.10 bits per heavy atom. The topological polar surface area (TPSA) is 67.9 Å². The number of nitrogens with zero attached hydrogens (tertiary/aromatic N) is 5. The van der Waals surface area contributed by atoms with Crippen LogP contribution in [0.3, 0.4) is 0 Å². The van der Waals surface area contributed by atoms with Gasteiger partial charge in [-0.15, -0.1) is 15.3 Å². The Hall–Kier alpha value is -2.74. The van der Waals surface area contributed by atoms with Crippen LogP contribution in [0, 0.1) is 17.0 Å². The minimum Gasteiger partial charge on any atom is -0.423 e. The zero-order chi connectivity index (χ0) is 21.3. The molecule has 156 valence electrons. The lowest BCUT2D eigenvalue weighted by molar-refractivity contribution is 0.199. The molecular weight excluding hydrogens is 388 g/mol. The van der Waals surface area contributed by atoms with Crippen LogP contribution in [0.15, 0.2) is 28.7 Å². The Balaban J connectivity index is 1.65. The van der Waals surface area contributed by atoms with Gasteiger partial charge in [0.2, 0.25) is 11.8 Å². The monoisotopic (exact) mass is 411 g/mol. The molecule has 1 aromatic carbocycles. The zero-order valence-corrected chi connectivity index (χ0v) is 17.4. The molecule has 0 radical (unpaired) electrons. The highest BCUT2D eigenvalue weighted by Crippen LogP contribution is 2.69. The maximum absolute atomic E-state index is 14.3. The molecule has 6 nitrogen and oxygen atoms in total. The molecule has 5 rings (SSSR count). The predicted octanol–water partition coefficient (Wildman–Crippen LogP) is 4.07. The predicted molar refractivity (Wildman–Crippen MR) is 106 cm³/mol. The number of hydrogen-bond donors (Lipinski definition) is 0. The Bertz CT molecular complexity index is 1120. The molecule has 30 heavy (non-hydrogen) atoms. The lowest BCUT2D eigenvalue weighted by Gasteiger charge is -2.34. The van der Waals surface area contributed by atoms with Crippen LogP contribution in [0.5, 0.6) is 0 Å². The highest BCUT2D eigenvalue weighted by Gasteiger charge is 2.67. The second-order valence-corrected chi connectivity index (χ2v) is 9.09. The maximum Gasteiger partial charge on any atom is 0.230 e. The summed E-state index contributed by atoms with van der Waals surface area (Å²) in [4.78, 5) is 1.97. The van der Waals surface area contributed by atoms with Gasteiger partial charge in [0.05, 0.1) is 28.9 Å². The largest absolute Gasteiger partial charge is 0.423 e. The third-order valence-corrected chi connectivity index (χ3v) is 6.88. The van der Waals surface area contributed by atoms with Gasteiger partial charge in [0.15, 0.2) is 0 Å². The van der Waals surface area contributed by atoms with Gasteiger partial charge in [0, 0.05) is 0 Å². The standard InChI is InChI=1S/C22H23F2N5O/c1-21(2)13-8-9-22(21,20-28-26-17(30-20)11-29(3)4)19-12(13)10-16(25-27-19)18-14(23)6-5-7-15(18)24/h5-7,10,13H,8-9,11H2,1-4H3/t13-,22+/m0/s1. The number of hydrogen-bond acceptors (Lipinski definition) is 6. The van der Waals surface area contributed by atoms with Crippen LogP contribution in [0.1, 0.15) is 55.6 Å². The van der Waals surface area contributed by atoms with Crippen LogP contribution in [-0.4, -0.2) is 39.4 Å². The molecule has 2 atom stereocenters. The van der Waals surface area contributed by atoms with Gasteiger partial charge in [-0.05, 0) is 62.0 Å². The molecule has 1 fully saturated rings. The van der Waals surface area contributed by atoms with Gasteiger partial charge >= 0.3 is 0 Å². The van der Waals surface area contributed by atoms with Crippen LogP contribution in [0.4, 0.5) is 8.78 Å². The van der Waals surface area contributed by atoms with Gasteiger partial charge in [0.1, 0.15) is 11.6 Å². The third-order valence-electron chi connectivity index (χ3n) is 6.88. The fourth-order valence-electron chi connectivity index (χ4n) is 5.42. The van der Waals surface area contributed by atoms with Crippen LogP contribution in [-0.2, 0) is 12.0 Å². The van der Waals surface area contributed by atoms with E-state index < -0.39 is 17.0 Å². The second-order valence-electron chi connectivity index (χ2n) is 9.09. The zero-order valence-electron chi connectivity index (χ0n) is 17.4. The fourth-order valence-corrected chi connectivity index (χ4v) is 5.42. The number of aromatic nitrogens is 4. The normalized spacial score (nSPS) is 23.9. The van der Waals surface area contributed by atoms with Crippen LogP contribution >= 0.6 is 0 Å². The van der Waals surface area contributed by atoms with Crippen molar-refractivity contribution in [1.82, 2.24) is 25.3 Å². The van der Waals surface area contributed by atoms with Crippen molar-refractivity contribution in [3.8, 4) is 11.3 Å². The van der Waals surface area contributed by atoms with Crippen LogP contribution in [0.25, 0.3) is 11.3 Å². The lowest BCUT2D eigenvalue weighted by Crippen LogP contribution is -2.37. The van der Waals surface area contributed by atoms with E-state index in [1.165, 1.54) is 18.2 Å². The van der Waals surface area contributed by atoms with E-state index in [9.17, 15) is 8.78 Å². The van der Waals surface area contributed by atoms with E-state index in [0.29, 0.717) is 18.3 Å². The average Bonchev–Trinajstić information content (AvgIpc) is 3.29. The summed E-state index contributed by atoms with van der Waals surface area (Å²) in [6.07, 6.45) is 1.74. The Morgan fingerprint density at radius 2 is 1.83 bits per heavy atom. The number of rotatable bonds is 4. The number of halogens is 2. The number of fused-ring (bicyclic) bond motifs is 5. The fraction of sp³-hybridized carbons (Fsp3) is 0.455. The van der Waals surface area contributed by atoms with Crippen molar-refractivity contribution in [2.45, 2.75) is 44.6 Å². The molecule has 1 saturated carbocycles. The molecule has 2 aliphatic rings. The first-order valence-electron chi connectivity index (χ1n) is 10.1. The molecule has 3 aromatic rings. The molecule has 0 saturated heterocycles. The summed E-state index contributed by atoms with van der Waals surface area (Å²) < 4.78 is 34.8. The van der Waals surface area contributed by atoms with E-state index in [1.54, 1.807) is 6.07 Å². The first kappa shape index (κ1) is 19.2. The van der Waals surface area contributed by atoms with Gasteiger partial charge in [-0.25, -0.2) is 8.78 Å². The molecule has 0 spiro atoms. The van der Waals surface area contributed by atoms with Crippen molar-refractivity contribution in [2.75, 3.05) is 14.1 Å². The highest BCUT2D eigenvalue weighted by molar-refractivity contribution is 5.63. The summed E-state index contributed by atoms with van der Waals surface area (Å²) >= 11 is 0. The van der Waals surface area contributed by atoms with E-state index in [2.05, 4.69) is 34.2 Å². The minimum atomic E-state index is -0.647. The molecule has 0 N–H and O–H groups in total. The van der Waals surface area contributed by atoms with Gasteiger partial charge < -0.3 is 9.32 Å². The molecular formula is C22H23F2N5O. The average molecular weight is 411 g/mol. The van der Waals surface area contributed by atoms with E-state index in [0.717, 1.165) is 24.1 Å². The van der Waals surface area contributed by atoms with Crippen molar-refractivity contribution in [3.05, 3.63) is 58.9 Å². The first-order chi connectivity index (χ1) is 14.3. The van der Waals surface area contributed by atoms with Crippen LogP contribution in [0.2, 0.25) is 0 Å². The first-order valence-corrected chi connectivity index (χ1v) is 10.1. The summed E-state index contributed by atoms with van der Waals surface area (Å²) in [6.45, 7) is 4.90. The quantitative estimate of drug-likeness (QED) is 0.645. The Labute approximate surface area is 173 Å². The molecule has 0 amide bonds. The smallest absolute Gasteiger partial charge is 0.230 e. The van der Waals surface area contributed by atoms with E-state index >= 15 is 0 Å². The summed E-state index contributed by atoms with van der Waals surface area (Å²) in [7, 11) is 3.88. The minimum absolute atomic E-state index is 0.145. The SMILES string of the molecule is CN(C)Cc1nnc([C@@]23CC[C@@H](c4cc(-c5c(F)cccc5F)nnc42)C3(C)C)o1. The highest BCUT2D eigenvalue weighted by atomic mass is 19.1. The van der Waals surface area contributed by atoms with Crippen LogP contribution < -0.4 is 0 Å². The molecule has 2 heterocycles. The molecule has 2 bridgehead atoms. The summed E-state index contributed by atoms with van der Waals surface area (Å²) in [6, 6.07) is 5.59. The molecule has 8 heteroatoms. The van der Waals surface area contributed by atoms with Crippen molar-refractivity contribution in [3.63, 3.8) is 0 Å². The molecule has 2 aromatic heterocycles. The Kier molecular flexibility index (Phi) is 4.09. The molecule has 0 aliphatic heterocycles. The van der Waals surface area contributed by atoms with E-state index in [4.69, 9.17) is 4.42 Å². The van der Waals surface area contributed by atoms with Gasteiger partial charge in [-0.3, -0.25) is 0 Å². The van der Waals surface area contributed by atoms with E-state index in [1.807, 2.05) is 19.0 Å². The summed E-state index contributed by atoms with van der Waals surface area (Å²) in [5, 5.41) is 17.3. The molecule has 2 aliphatic carbocycles. The second kappa shape index (κ2) is 6.38. The van der Waals surface area contributed by atoms with Gasteiger partial charge in [-0.2, -0.15) is 5.10 Å². The van der Waals surface area contributed by atoms with Crippen molar-refractivity contribution >= 4 is 0 Å². The van der Waals surface area contributed by atoms with Crippen molar-refractivity contribution in [2.24, 2.45) is 5.41 Å². The lowest BCUT2D eigenvalue weighted by atomic mass is 9.68. The third kappa shape index (κ3) is 2.43.